The van der Waals surface area contributed by atoms with Crippen LogP contribution < -0.4 is 5.73 Å². The highest BCUT2D eigenvalue weighted by Gasteiger charge is 2.14. The Morgan fingerprint density at radius 1 is 1.31 bits per heavy atom. The Labute approximate surface area is 111 Å². The van der Waals surface area contributed by atoms with Crippen LogP contribution >= 0.6 is 27.5 Å². The quantitative estimate of drug-likeness (QED) is 0.820. The summed E-state index contributed by atoms with van der Waals surface area (Å²) in [6.45, 7) is 4.42. The van der Waals surface area contributed by atoms with Gasteiger partial charge in [-0.05, 0) is 36.1 Å². The van der Waals surface area contributed by atoms with Gasteiger partial charge < -0.3 is 5.73 Å². The van der Waals surface area contributed by atoms with Crippen LogP contribution in [0.5, 0.6) is 0 Å². The molecule has 16 heavy (non-hydrogen) atoms. The Balaban J connectivity index is 2.79. The van der Waals surface area contributed by atoms with E-state index in [1.165, 1.54) is 12.8 Å². The molecule has 0 amide bonds. The summed E-state index contributed by atoms with van der Waals surface area (Å²) in [5.41, 5.74) is 7.26. The average molecular weight is 305 g/mol. The summed E-state index contributed by atoms with van der Waals surface area (Å²) in [5, 5.41) is 0.765. The topological polar surface area (TPSA) is 26.0 Å². The molecular formula is C13H19BrClN. The van der Waals surface area contributed by atoms with E-state index in [0.29, 0.717) is 5.92 Å². The average Bonchev–Trinajstić information content (AvgIpc) is 2.28. The maximum Gasteiger partial charge on any atom is 0.0454 e. The van der Waals surface area contributed by atoms with Gasteiger partial charge in [0, 0.05) is 15.5 Å². The summed E-state index contributed by atoms with van der Waals surface area (Å²) in [4.78, 5) is 0. The molecule has 0 saturated heterocycles. The van der Waals surface area contributed by atoms with Gasteiger partial charge in [-0.2, -0.15) is 0 Å². The number of benzene rings is 1. The van der Waals surface area contributed by atoms with Gasteiger partial charge in [-0.3, -0.25) is 0 Å². The highest BCUT2D eigenvalue weighted by Crippen LogP contribution is 2.30. The van der Waals surface area contributed by atoms with Gasteiger partial charge in [0.05, 0.1) is 0 Å². The van der Waals surface area contributed by atoms with Gasteiger partial charge >= 0.3 is 0 Å². The molecule has 0 saturated carbocycles. The first-order valence-electron chi connectivity index (χ1n) is 5.79. The standard InChI is InChI=1S/C13H19BrClN/c1-3-9(4-2)7-13(16)11-8-10(14)5-6-12(11)15/h5-6,8-9,13H,3-4,7,16H2,1-2H3. The van der Waals surface area contributed by atoms with Crippen LogP contribution in [0.3, 0.4) is 0 Å². The van der Waals surface area contributed by atoms with Crippen molar-refractivity contribution in [1.82, 2.24) is 0 Å². The van der Waals surface area contributed by atoms with E-state index in [1.54, 1.807) is 0 Å². The van der Waals surface area contributed by atoms with Gasteiger partial charge in [-0.1, -0.05) is 54.2 Å². The summed E-state index contributed by atoms with van der Waals surface area (Å²) in [6.07, 6.45) is 3.36. The van der Waals surface area contributed by atoms with Gasteiger partial charge in [-0.25, -0.2) is 0 Å². The van der Waals surface area contributed by atoms with Crippen molar-refractivity contribution in [3.05, 3.63) is 33.3 Å². The van der Waals surface area contributed by atoms with E-state index in [1.807, 2.05) is 18.2 Å². The molecule has 0 radical (unpaired) electrons. The molecule has 0 aliphatic heterocycles. The Kier molecular flexibility index (Phi) is 5.81. The summed E-state index contributed by atoms with van der Waals surface area (Å²) in [5.74, 6) is 0.685. The van der Waals surface area contributed by atoms with Crippen molar-refractivity contribution in [3.8, 4) is 0 Å². The van der Waals surface area contributed by atoms with Gasteiger partial charge in [-0.15, -0.1) is 0 Å². The molecule has 0 spiro atoms. The molecule has 1 aromatic rings. The van der Waals surface area contributed by atoms with Crippen LogP contribution in [0.25, 0.3) is 0 Å². The number of rotatable bonds is 5. The van der Waals surface area contributed by atoms with Crippen molar-refractivity contribution in [2.24, 2.45) is 11.7 Å². The highest BCUT2D eigenvalue weighted by atomic mass is 79.9. The fourth-order valence-electron chi connectivity index (χ4n) is 1.91. The van der Waals surface area contributed by atoms with Crippen molar-refractivity contribution in [2.75, 3.05) is 0 Å². The number of hydrogen-bond acceptors (Lipinski definition) is 1. The van der Waals surface area contributed by atoms with Crippen molar-refractivity contribution < 1.29 is 0 Å². The molecule has 90 valence electrons. The van der Waals surface area contributed by atoms with Crippen LogP contribution in [0.2, 0.25) is 5.02 Å². The van der Waals surface area contributed by atoms with Crippen molar-refractivity contribution in [1.29, 1.82) is 0 Å². The van der Waals surface area contributed by atoms with E-state index in [2.05, 4.69) is 29.8 Å². The van der Waals surface area contributed by atoms with Crippen LogP contribution in [0.4, 0.5) is 0 Å². The van der Waals surface area contributed by atoms with Crippen LogP contribution in [0.1, 0.15) is 44.7 Å². The van der Waals surface area contributed by atoms with E-state index >= 15 is 0 Å². The zero-order valence-corrected chi connectivity index (χ0v) is 12.2. The summed E-state index contributed by atoms with van der Waals surface area (Å²) in [7, 11) is 0. The SMILES string of the molecule is CCC(CC)CC(N)c1cc(Br)ccc1Cl. The summed E-state index contributed by atoms with van der Waals surface area (Å²) >= 11 is 9.61. The predicted molar refractivity (Wildman–Crippen MR) is 74.8 cm³/mol. The van der Waals surface area contributed by atoms with Gasteiger partial charge in [0.1, 0.15) is 0 Å². The Morgan fingerprint density at radius 2 is 1.94 bits per heavy atom. The Hall–Kier alpha value is -0.0500. The fourth-order valence-corrected chi connectivity index (χ4v) is 2.54. The van der Waals surface area contributed by atoms with Crippen LogP contribution in [0, 0.1) is 5.92 Å². The lowest BCUT2D eigenvalue weighted by Gasteiger charge is -2.19. The largest absolute Gasteiger partial charge is 0.324 e. The molecule has 1 unspecified atom stereocenters. The Bertz CT molecular complexity index is 337. The second kappa shape index (κ2) is 6.63. The number of hydrogen-bond donors (Lipinski definition) is 1. The predicted octanol–water partition coefficient (Wildman–Crippen LogP) is 4.93. The minimum absolute atomic E-state index is 0.0369. The number of halogens is 2. The van der Waals surface area contributed by atoms with E-state index in [-0.39, 0.29) is 6.04 Å². The van der Waals surface area contributed by atoms with E-state index < -0.39 is 0 Å². The highest BCUT2D eigenvalue weighted by molar-refractivity contribution is 9.10. The molecule has 0 aliphatic carbocycles. The third kappa shape index (κ3) is 3.76. The zero-order chi connectivity index (χ0) is 12.1. The van der Waals surface area contributed by atoms with Crippen molar-refractivity contribution in [3.63, 3.8) is 0 Å². The van der Waals surface area contributed by atoms with Crippen LogP contribution in [0.15, 0.2) is 22.7 Å². The molecular weight excluding hydrogens is 286 g/mol. The number of nitrogens with two attached hydrogens (primary N) is 1. The van der Waals surface area contributed by atoms with E-state index in [9.17, 15) is 0 Å². The molecule has 0 bridgehead atoms. The molecule has 1 aromatic carbocycles. The lowest BCUT2D eigenvalue weighted by atomic mass is 9.92. The van der Waals surface area contributed by atoms with Gasteiger partial charge in [0.15, 0.2) is 0 Å². The van der Waals surface area contributed by atoms with Crippen molar-refractivity contribution >= 4 is 27.5 Å². The first kappa shape index (κ1) is 14.0. The third-order valence-electron chi connectivity index (χ3n) is 3.10. The monoisotopic (exact) mass is 303 g/mol. The molecule has 2 N–H and O–H groups in total. The summed E-state index contributed by atoms with van der Waals surface area (Å²) in [6, 6.07) is 5.90. The van der Waals surface area contributed by atoms with E-state index in [0.717, 1.165) is 21.5 Å². The molecule has 0 fully saturated rings. The maximum absolute atomic E-state index is 6.21. The minimum Gasteiger partial charge on any atom is -0.324 e. The second-order valence-corrected chi connectivity index (χ2v) is 5.51. The maximum atomic E-state index is 6.21. The molecule has 0 aliphatic rings. The molecule has 3 heteroatoms. The zero-order valence-electron chi connectivity index (χ0n) is 9.84. The second-order valence-electron chi connectivity index (χ2n) is 4.19. The summed E-state index contributed by atoms with van der Waals surface area (Å²) < 4.78 is 1.03. The van der Waals surface area contributed by atoms with Crippen molar-refractivity contribution in [2.45, 2.75) is 39.2 Å². The molecule has 0 heterocycles. The molecule has 1 rings (SSSR count). The van der Waals surface area contributed by atoms with Crippen LogP contribution in [-0.2, 0) is 0 Å². The lowest BCUT2D eigenvalue weighted by molar-refractivity contribution is 0.414. The van der Waals surface area contributed by atoms with Gasteiger partial charge in [0.25, 0.3) is 0 Å². The van der Waals surface area contributed by atoms with Gasteiger partial charge in [0.2, 0.25) is 0 Å². The molecule has 1 atom stereocenters. The first-order valence-corrected chi connectivity index (χ1v) is 6.96. The normalized spacial score (nSPS) is 13.1. The lowest BCUT2D eigenvalue weighted by Crippen LogP contribution is -2.15. The van der Waals surface area contributed by atoms with Crippen LogP contribution in [-0.4, -0.2) is 0 Å². The smallest absolute Gasteiger partial charge is 0.0454 e. The van der Waals surface area contributed by atoms with E-state index in [4.69, 9.17) is 17.3 Å². The third-order valence-corrected chi connectivity index (χ3v) is 3.94. The minimum atomic E-state index is 0.0369. The molecule has 0 aromatic heterocycles. The fraction of sp³-hybridized carbons (Fsp3) is 0.538. The Morgan fingerprint density at radius 3 is 2.50 bits per heavy atom. The first-order chi connectivity index (χ1) is 7.58. The molecule has 1 nitrogen and oxygen atoms in total.